The summed E-state index contributed by atoms with van der Waals surface area (Å²) >= 11 is 3.26. The molecule has 4 heteroatoms. The molecule has 1 heterocycles. The average Bonchev–Trinajstić information content (AvgIpc) is 2.30. The number of rotatable bonds is 3. The van der Waals surface area contributed by atoms with Gasteiger partial charge < -0.3 is 10.1 Å². The molecule has 1 aromatic carbocycles. The quantitative estimate of drug-likeness (QED) is 0.866. The van der Waals surface area contributed by atoms with Gasteiger partial charge in [-0.1, -0.05) is 34.1 Å². The molecule has 1 aliphatic rings. The van der Waals surface area contributed by atoms with Crippen LogP contribution in [-0.2, 0) is 4.79 Å². The van der Waals surface area contributed by atoms with E-state index in [0.717, 1.165) is 17.7 Å². The maximum absolute atomic E-state index is 11.5. The summed E-state index contributed by atoms with van der Waals surface area (Å²) in [6.07, 6.45) is 1.35. The van der Waals surface area contributed by atoms with E-state index in [-0.39, 0.29) is 11.9 Å². The molecule has 3 nitrogen and oxygen atoms in total. The molecular formula is C12H14BrNO2. The zero-order chi connectivity index (χ0) is 11.4. The van der Waals surface area contributed by atoms with Crippen LogP contribution in [0.25, 0.3) is 0 Å². The van der Waals surface area contributed by atoms with Crippen molar-refractivity contribution in [3.8, 4) is 5.75 Å². The van der Waals surface area contributed by atoms with Crippen LogP contribution in [0.1, 0.15) is 24.4 Å². The highest BCUT2D eigenvalue weighted by atomic mass is 79.9. The fourth-order valence-electron chi connectivity index (χ4n) is 1.84. The molecule has 1 unspecified atom stereocenters. The second-order valence-corrected chi connectivity index (χ2v) is 4.53. The number of hydrogen-bond acceptors (Lipinski definition) is 2. The highest BCUT2D eigenvalue weighted by molar-refractivity contribution is 9.09. The number of benzene rings is 1. The van der Waals surface area contributed by atoms with Crippen LogP contribution < -0.4 is 10.1 Å². The van der Waals surface area contributed by atoms with Crippen molar-refractivity contribution in [2.75, 3.05) is 11.9 Å². The van der Waals surface area contributed by atoms with Crippen molar-refractivity contribution in [3.63, 3.8) is 0 Å². The van der Waals surface area contributed by atoms with E-state index in [9.17, 15) is 4.79 Å². The lowest BCUT2D eigenvalue weighted by atomic mass is 10.0. The second kappa shape index (κ2) is 5.34. The van der Waals surface area contributed by atoms with Crippen LogP contribution in [0.2, 0.25) is 0 Å². The number of hydrogen-bond donors (Lipinski definition) is 1. The first-order valence-corrected chi connectivity index (χ1v) is 6.50. The molecule has 0 aliphatic carbocycles. The predicted octanol–water partition coefficient (Wildman–Crippen LogP) is 2.41. The Morgan fingerprint density at radius 3 is 3.12 bits per heavy atom. The SMILES string of the molecule is O=C(CCBr)NC1CCOc2ccccc21. The molecule has 0 fully saturated rings. The molecule has 16 heavy (non-hydrogen) atoms. The zero-order valence-electron chi connectivity index (χ0n) is 8.91. The van der Waals surface area contributed by atoms with Gasteiger partial charge in [0.2, 0.25) is 5.91 Å². The van der Waals surface area contributed by atoms with E-state index in [0.29, 0.717) is 18.4 Å². The Bertz CT molecular complexity index is 381. The summed E-state index contributed by atoms with van der Waals surface area (Å²) < 4.78 is 5.53. The monoisotopic (exact) mass is 283 g/mol. The molecule has 0 bridgehead atoms. The van der Waals surface area contributed by atoms with Crippen LogP contribution in [-0.4, -0.2) is 17.8 Å². The Balaban J connectivity index is 2.10. The van der Waals surface area contributed by atoms with E-state index in [1.54, 1.807) is 0 Å². The van der Waals surface area contributed by atoms with Gasteiger partial charge in [-0.3, -0.25) is 4.79 Å². The number of para-hydroxylation sites is 1. The van der Waals surface area contributed by atoms with E-state index >= 15 is 0 Å². The Kier molecular flexibility index (Phi) is 3.83. The first-order chi connectivity index (χ1) is 7.81. The van der Waals surface area contributed by atoms with Gasteiger partial charge >= 0.3 is 0 Å². The minimum atomic E-state index is 0.0820. The summed E-state index contributed by atoms with van der Waals surface area (Å²) in [6, 6.07) is 7.96. The molecule has 0 radical (unpaired) electrons. The summed E-state index contributed by atoms with van der Waals surface area (Å²) in [4.78, 5) is 11.5. The Morgan fingerprint density at radius 1 is 1.50 bits per heavy atom. The standard InChI is InChI=1S/C12H14BrNO2/c13-7-5-12(15)14-10-6-8-16-11-4-2-1-3-9(10)11/h1-4,10H,5-8H2,(H,14,15). The minimum absolute atomic E-state index is 0.0820. The molecule has 1 aromatic rings. The van der Waals surface area contributed by atoms with Gasteiger partial charge in [0.15, 0.2) is 0 Å². The van der Waals surface area contributed by atoms with Crippen molar-refractivity contribution in [1.29, 1.82) is 0 Å². The Hall–Kier alpha value is -1.03. The summed E-state index contributed by atoms with van der Waals surface area (Å²) in [5.74, 6) is 0.969. The van der Waals surface area contributed by atoms with E-state index in [1.807, 2.05) is 24.3 Å². The number of ether oxygens (including phenoxy) is 1. The molecule has 86 valence electrons. The van der Waals surface area contributed by atoms with Gasteiger partial charge in [0, 0.05) is 23.7 Å². The van der Waals surface area contributed by atoms with Crippen LogP contribution in [0.15, 0.2) is 24.3 Å². The van der Waals surface area contributed by atoms with E-state index in [2.05, 4.69) is 21.2 Å². The van der Waals surface area contributed by atoms with Gasteiger partial charge in [0.25, 0.3) is 0 Å². The lowest BCUT2D eigenvalue weighted by Gasteiger charge is -2.26. The maximum atomic E-state index is 11.5. The number of nitrogens with one attached hydrogen (secondary N) is 1. The molecule has 0 saturated heterocycles. The average molecular weight is 284 g/mol. The molecular weight excluding hydrogens is 270 g/mol. The second-order valence-electron chi connectivity index (χ2n) is 3.73. The van der Waals surface area contributed by atoms with Gasteiger partial charge in [-0.2, -0.15) is 0 Å². The van der Waals surface area contributed by atoms with Crippen LogP contribution in [0.5, 0.6) is 5.75 Å². The number of amides is 1. The highest BCUT2D eigenvalue weighted by Crippen LogP contribution is 2.31. The minimum Gasteiger partial charge on any atom is -0.493 e. The van der Waals surface area contributed by atoms with Crippen LogP contribution in [0.3, 0.4) is 0 Å². The molecule has 2 rings (SSSR count). The first kappa shape index (κ1) is 11.5. The Labute approximate surface area is 103 Å². The molecule has 0 spiro atoms. The third-order valence-corrected chi connectivity index (χ3v) is 3.01. The number of carbonyl (C=O) groups excluding carboxylic acids is 1. The van der Waals surface area contributed by atoms with Crippen molar-refractivity contribution in [1.82, 2.24) is 5.32 Å². The molecule has 0 aromatic heterocycles. The van der Waals surface area contributed by atoms with Gasteiger partial charge in [0.1, 0.15) is 5.75 Å². The van der Waals surface area contributed by atoms with Crippen molar-refractivity contribution >= 4 is 21.8 Å². The molecule has 1 N–H and O–H groups in total. The fraction of sp³-hybridized carbons (Fsp3) is 0.417. The third-order valence-electron chi connectivity index (χ3n) is 2.62. The van der Waals surface area contributed by atoms with Crippen molar-refractivity contribution < 1.29 is 9.53 Å². The van der Waals surface area contributed by atoms with Crippen LogP contribution >= 0.6 is 15.9 Å². The number of fused-ring (bicyclic) bond motifs is 1. The van der Waals surface area contributed by atoms with Gasteiger partial charge in [-0.05, 0) is 6.07 Å². The lowest BCUT2D eigenvalue weighted by Crippen LogP contribution is -2.32. The number of alkyl halides is 1. The summed E-state index contributed by atoms with van der Waals surface area (Å²) in [7, 11) is 0. The van der Waals surface area contributed by atoms with E-state index in [4.69, 9.17) is 4.74 Å². The Morgan fingerprint density at radius 2 is 2.31 bits per heavy atom. The normalized spacial score (nSPS) is 18.4. The van der Waals surface area contributed by atoms with E-state index < -0.39 is 0 Å². The fourth-order valence-corrected chi connectivity index (χ4v) is 2.20. The topological polar surface area (TPSA) is 38.3 Å². The lowest BCUT2D eigenvalue weighted by molar-refractivity contribution is -0.121. The maximum Gasteiger partial charge on any atom is 0.221 e. The number of carbonyl (C=O) groups is 1. The summed E-state index contributed by atoms with van der Waals surface area (Å²) in [5, 5.41) is 3.73. The third kappa shape index (κ3) is 2.55. The molecule has 0 saturated carbocycles. The smallest absolute Gasteiger partial charge is 0.221 e. The van der Waals surface area contributed by atoms with Crippen molar-refractivity contribution in [3.05, 3.63) is 29.8 Å². The van der Waals surface area contributed by atoms with Crippen molar-refractivity contribution in [2.24, 2.45) is 0 Å². The van der Waals surface area contributed by atoms with Gasteiger partial charge in [-0.25, -0.2) is 0 Å². The molecule has 1 amide bonds. The van der Waals surface area contributed by atoms with Crippen LogP contribution in [0, 0.1) is 0 Å². The number of halogens is 1. The largest absolute Gasteiger partial charge is 0.493 e. The predicted molar refractivity (Wildman–Crippen MR) is 65.8 cm³/mol. The van der Waals surface area contributed by atoms with E-state index in [1.165, 1.54) is 0 Å². The highest BCUT2D eigenvalue weighted by Gasteiger charge is 2.21. The van der Waals surface area contributed by atoms with Crippen molar-refractivity contribution in [2.45, 2.75) is 18.9 Å². The molecule has 1 atom stereocenters. The van der Waals surface area contributed by atoms with Gasteiger partial charge in [0.05, 0.1) is 12.6 Å². The first-order valence-electron chi connectivity index (χ1n) is 5.38. The summed E-state index contributed by atoms with van der Waals surface area (Å²) in [5.41, 5.74) is 1.08. The molecule has 1 aliphatic heterocycles. The summed E-state index contributed by atoms with van der Waals surface area (Å²) in [6.45, 7) is 0.663. The zero-order valence-corrected chi connectivity index (χ0v) is 10.5. The van der Waals surface area contributed by atoms with Gasteiger partial charge in [-0.15, -0.1) is 0 Å². The van der Waals surface area contributed by atoms with Crippen LogP contribution in [0.4, 0.5) is 0 Å².